The fourth-order valence-electron chi connectivity index (χ4n) is 7.57. The van der Waals surface area contributed by atoms with Crippen molar-refractivity contribution >= 4 is 44.3 Å². The summed E-state index contributed by atoms with van der Waals surface area (Å²) in [5, 5.41) is 20.5. The normalized spacial score (nSPS) is 18.2. The lowest BCUT2D eigenvalue weighted by molar-refractivity contribution is -0.144. The first-order valence-corrected chi connectivity index (χ1v) is 19.5. The summed E-state index contributed by atoms with van der Waals surface area (Å²) in [4.78, 5) is 18.6. The summed E-state index contributed by atoms with van der Waals surface area (Å²) in [6.45, 7) is 0.301. The number of alkyl halides is 5. The summed E-state index contributed by atoms with van der Waals surface area (Å²) in [6.07, 6.45) is -5.58. The number of hydrogen-bond acceptors (Lipinski definition) is 7. The van der Waals surface area contributed by atoms with E-state index in [1.807, 2.05) is 0 Å². The van der Waals surface area contributed by atoms with Crippen LogP contribution in [0.1, 0.15) is 65.6 Å². The van der Waals surface area contributed by atoms with Crippen molar-refractivity contribution in [3.05, 3.63) is 93.0 Å². The number of carbonyl (C=O) groups excluding carboxylic acids is 1. The number of pyridine rings is 1. The standard InChI is InChI=1S/C37H31ClF7N7O4S/c1-17(53)4-5-21-6-7-22(23-9-11-26(38)30-32(23)51(2)49-35(30)50-57(3,55)56)31(46-21)27(14-18-12-19(39)15-20(40)13-18)47-28(54)16-52-34-29(33(48-52)37(43,44)45)24-8-10-25(24)36(34,41)42/h6-7,9,11-13,15,17,24-25,27,53H,8,10,14,16H2,1-3H3,(H,47,54)(H,49,50)/t17?,24-,25+,27-/m0/s1. The number of aliphatic hydroxyl groups excluding tert-OH is 1. The molecule has 2 aromatic carbocycles. The molecule has 3 N–H and O–H groups in total. The molecule has 2 aliphatic carbocycles. The first kappa shape index (κ1) is 40.0. The number of halogens is 8. The van der Waals surface area contributed by atoms with E-state index in [4.69, 9.17) is 11.6 Å². The van der Waals surface area contributed by atoms with Crippen molar-refractivity contribution in [2.75, 3.05) is 11.0 Å². The maximum Gasteiger partial charge on any atom is 0.435 e. The Morgan fingerprint density at radius 2 is 1.77 bits per heavy atom. The molecule has 1 fully saturated rings. The zero-order valence-corrected chi connectivity index (χ0v) is 31.6. The van der Waals surface area contributed by atoms with Crippen LogP contribution < -0.4 is 10.0 Å². The Bertz CT molecular complexity index is 2610. The Morgan fingerprint density at radius 1 is 1.09 bits per heavy atom. The Balaban J connectivity index is 1.38. The molecule has 300 valence electrons. The Hall–Kier alpha value is -5.19. The number of nitrogens with zero attached hydrogens (tertiary/aromatic N) is 5. The molecule has 57 heavy (non-hydrogen) atoms. The molecule has 4 atom stereocenters. The molecule has 2 aliphatic rings. The van der Waals surface area contributed by atoms with Crippen LogP contribution in [0.2, 0.25) is 5.02 Å². The molecule has 1 saturated carbocycles. The number of anilines is 1. The second-order valence-electron chi connectivity index (χ2n) is 14.0. The third kappa shape index (κ3) is 7.65. The summed E-state index contributed by atoms with van der Waals surface area (Å²) in [5.41, 5.74) is -2.31. The summed E-state index contributed by atoms with van der Waals surface area (Å²) >= 11 is 6.55. The smallest absolute Gasteiger partial charge is 0.381 e. The molecule has 0 aliphatic heterocycles. The van der Waals surface area contributed by atoms with Gasteiger partial charge in [0.2, 0.25) is 15.9 Å². The highest BCUT2D eigenvalue weighted by molar-refractivity contribution is 7.92. The number of aryl methyl sites for hydroxylation is 1. The lowest BCUT2D eigenvalue weighted by Crippen LogP contribution is -2.36. The number of amides is 1. The van der Waals surface area contributed by atoms with E-state index in [-0.39, 0.29) is 57.1 Å². The molecule has 1 amide bonds. The average molecular weight is 838 g/mol. The van der Waals surface area contributed by atoms with E-state index < -0.39 is 93.6 Å². The van der Waals surface area contributed by atoms with Gasteiger partial charge in [-0.05, 0) is 73.9 Å². The lowest BCUT2D eigenvalue weighted by atomic mass is 9.73. The van der Waals surface area contributed by atoms with E-state index in [2.05, 4.69) is 37.1 Å². The molecule has 7 rings (SSSR count). The van der Waals surface area contributed by atoms with E-state index >= 15 is 8.78 Å². The van der Waals surface area contributed by atoms with Crippen LogP contribution in [0.25, 0.3) is 22.0 Å². The number of nitrogens with one attached hydrogen (secondary N) is 2. The largest absolute Gasteiger partial charge is 0.435 e. The number of aliphatic hydroxyl groups is 1. The number of rotatable bonds is 9. The highest BCUT2D eigenvalue weighted by Gasteiger charge is 2.63. The van der Waals surface area contributed by atoms with Crippen molar-refractivity contribution in [1.29, 1.82) is 0 Å². The molecule has 0 spiro atoms. The van der Waals surface area contributed by atoms with E-state index in [0.29, 0.717) is 16.3 Å². The molecular weight excluding hydrogens is 807 g/mol. The topological polar surface area (TPSA) is 144 Å². The Labute approximate surface area is 325 Å². The van der Waals surface area contributed by atoms with Crippen LogP contribution in [-0.2, 0) is 46.9 Å². The third-order valence-electron chi connectivity index (χ3n) is 9.85. The van der Waals surface area contributed by atoms with Crippen LogP contribution >= 0.6 is 11.6 Å². The number of aromatic nitrogens is 5. The first-order valence-electron chi connectivity index (χ1n) is 17.3. The zero-order chi connectivity index (χ0) is 41.4. The van der Waals surface area contributed by atoms with Gasteiger partial charge in [0.15, 0.2) is 11.5 Å². The van der Waals surface area contributed by atoms with E-state index in [1.165, 1.54) is 36.9 Å². The molecule has 3 aromatic heterocycles. The molecular formula is C37H31ClF7N7O4S. The van der Waals surface area contributed by atoms with Crippen LogP contribution in [0.5, 0.6) is 0 Å². The maximum atomic E-state index is 15.6. The monoisotopic (exact) mass is 837 g/mol. The average Bonchev–Trinajstić information content (AvgIpc) is 3.64. The zero-order valence-electron chi connectivity index (χ0n) is 30.0. The minimum Gasteiger partial charge on any atom is -0.381 e. The van der Waals surface area contributed by atoms with Gasteiger partial charge in [0.05, 0.1) is 33.9 Å². The molecule has 20 heteroatoms. The minimum atomic E-state index is -5.09. The van der Waals surface area contributed by atoms with Gasteiger partial charge in [-0.1, -0.05) is 23.6 Å². The van der Waals surface area contributed by atoms with Crippen LogP contribution in [0.3, 0.4) is 0 Å². The molecule has 0 radical (unpaired) electrons. The van der Waals surface area contributed by atoms with Gasteiger partial charge in [-0.25, -0.2) is 22.2 Å². The predicted octanol–water partition coefficient (Wildman–Crippen LogP) is 6.59. The van der Waals surface area contributed by atoms with Crippen LogP contribution in [0.4, 0.5) is 36.6 Å². The summed E-state index contributed by atoms with van der Waals surface area (Å²) in [6, 6.07) is 7.16. The van der Waals surface area contributed by atoms with E-state index in [0.717, 1.165) is 18.4 Å². The fourth-order valence-corrected chi connectivity index (χ4v) is 8.31. The van der Waals surface area contributed by atoms with Crippen molar-refractivity contribution in [1.82, 2.24) is 29.9 Å². The molecule has 1 unspecified atom stereocenters. The van der Waals surface area contributed by atoms with Gasteiger partial charge in [-0.2, -0.15) is 32.1 Å². The molecule has 5 aromatic rings. The molecule has 0 bridgehead atoms. The number of fused-ring (bicyclic) bond motifs is 4. The number of carbonyl (C=O) groups is 1. The quantitative estimate of drug-likeness (QED) is 0.112. The van der Waals surface area contributed by atoms with Gasteiger partial charge in [0.25, 0.3) is 5.92 Å². The van der Waals surface area contributed by atoms with Crippen molar-refractivity contribution in [2.45, 2.75) is 62.9 Å². The van der Waals surface area contributed by atoms with Crippen molar-refractivity contribution in [3.8, 4) is 23.0 Å². The maximum absolute atomic E-state index is 15.6. The molecule has 0 saturated heterocycles. The van der Waals surface area contributed by atoms with Gasteiger partial charge in [0, 0.05) is 35.7 Å². The van der Waals surface area contributed by atoms with Gasteiger partial charge >= 0.3 is 6.18 Å². The van der Waals surface area contributed by atoms with Crippen LogP contribution in [0.15, 0.2) is 42.5 Å². The van der Waals surface area contributed by atoms with Crippen LogP contribution in [-0.4, -0.2) is 56.3 Å². The van der Waals surface area contributed by atoms with Crippen molar-refractivity contribution in [2.24, 2.45) is 13.0 Å². The van der Waals surface area contributed by atoms with Crippen LogP contribution in [0, 0.1) is 29.4 Å². The van der Waals surface area contributed by atoms with Gasteiger partial charge in [-0.3, -0.25) is 18.9 Å². The SMILES string of the molecule is CC(O)C#Cc1ccc(-c2ccc(Cl)c3c(NS(C)(=O)=O)nn(C)c23)c([C@H](Cc2cc(F)cc(F)c2)NC(=O)Cn2nc(C(F)(F)F)c3c2C(F)(F)[C@@H]2CC[C@H]32)n1. The van der Waals surface area contributed by atoms with E-state index in [9.17, 15) is 40.3 Å². The lowest BCUT2D eigenvalue weighted by Gasteiger charge is -2.34. The number of sulfonamides is 1. The van der Waals surface area contributed by atoms with Crippen molar-refractivity contribution < 1.29 is 49.1 Å². The van der Waals surface area contributed by atoms with E-state index in [1.54, 1.807) is 6.07 Å². The summed E-state index contributed by atoms with van der Waals surface area (Å²) in [5.74, 6) is -4.08. The second kappa shape index (κ2) is 14.3. The predicted molar refractivity (Wildman–Crippen MR) is 194 cm³/mol. The first-order chi connectivity index (χ1) is 26.6. The highest BCUT2D eigenvalue weighted by Crippen LogP contribution is 2.64. The third-order valence-corrected chi connectivity index (χ3v) is 10.7. The minimum absolute atomic E-state index is 0.00473. The van der Waals surface area contributed by atoms with Gasteiger partial charge < -0.3 is 10.4 Å². The second-order valence-corrected chi connectivity index (χ2v) is 16.2. The Kier molecular flexibility index (Phi) is 10.1. The van der Waals surface area contributed by atoms with Gasteiger partial charge in [-0.15, -0.1) is 0 Å². The number of hydrogen-bond donors (Lipinski definition) is 3. The van der Waals surface area contributed by atoms with Crippen molar-refractivity contribution in [3.63, 3.8) is 0 Å². The number of benzene rings is 2. The summed E-state index contributed by atoms with van der Waals surface area (Å²) < 4.78 is 131. The fraction of sp³-hybridized carbons (Fsp3) is 0.351. The van der Waals surface area contributed by atoms with Gasteiger partial charge in [0.1, 0.15) is 35.7 Å². The molecule has 11 nitrogen and oxygen atoms in total. The highest BCUT2D eigenvalue weighted by atomic mass is 35.5. The molecule has 3 heterocycles. The Morgan fingerprint density at radius 3 is 2.39 bits per heavy atom. The summed E-state index contributed by atoms with van der Waals surface area (Å²) in [7, 11) is -2.35.